The average Bonchev–Trinajstić information content (AvgIpc) is 2.58. The summed E-state index contributed by atoms with van der Waals surface area (Å²) in [5.74, 6) is 1.11. The Kier molecular flexibility index (Phi) is 4.61. The third-order valence-electron chi connectivity index (χ3n) is 3.80. The predicted octanol–water partition coefficient (Wildman–Crippen LogP) is 3.03. The molecule has 0 spiro atoms. The first-order chi connectivity index (χ1) is 11.8. The highest BCUT2D eigenvalue weighted by atomic mass is 32.2. The molecule has 2 aliphatic rings. The second-order valence-electron chi connectivity index (χ2n) is 5.50. The summed E-state index contributed by atoms with van der Waals surface area (Å²) in [4.78, 5) is 4.19. The normalized spacial score (nSPS) is 18.7. The summed E-state index contributed by atoms with van der Waals surface area (Å²) in [5.41, 5.74) is 3.64. The summed E-state index contributed by atoms with van der Waals surface area (Å²) >= 11 is -3.03. The largest absolute Gasteiger partial charge is 0.604 e. The molecule has 9 heteroatoms. The fourth-order valence-electron chi connectivity index (χ4n) is 2.55. The van der Waals surface area contributed by atoms with E-state index in [-0.39, 0.29) is 4.90 Å². The van der Waals surface area contributed by atoms with Gasteiger partial charge in [0.05, 0.1) is 11.2 Å². The lowest BCUT2D eigenvalue weighted by atomic mass is 10.0. The number of halogens is 3. The molecule has 0 amide bonds. The van der Waals surface area contributed by atoms with Crippen LogP contribution >= 0.6 is 0 Å². The van der Waals surface area contributed by atoms with Gasteiger partial charge in [0.15, 0.2) is 10.7 Å². The van der Waals surface area contributed by atoms with Crippen LogP contribution in [0.2, 0.25) is 0 Å². The van der Waals surface area contributed by atoms with E-state index in [1.807, 2.05) is 13.0 Å². The van der Waals surface area contributed by atoms with E-state index in [0.717, 1.165) is 16.8 Å². The van der Waals surface area contributed by atoms with Crippen molar-refractivity contribution in [3.63, 3.8) is 0 Å². The lowest BCUT2D eigenvalue weighted by Crippen LogP contribution is -2.31. The molecule has 0 bridgehead atoms. The Balaban J connectivity index is 1.82. The minimum atomic E-state index is -4.77. The Hall–Kier alpha value is -2.26. The van der Waals surface area contributed by atoms with E-state index < -0.39 is 16.7 Å². The number of benzene rings is 1. The van der Waals surface area contributed by atoms with Crippen LogP contribution in [0.15, 0.2) is 62.5 Å². The molecule has 1 aromatic rings. The van der Waals surface area contributed by atoms with Crippen molar-refractivity contribution in [2.45, 2.75) is 30.2 Å². The van der Waals surface area contributed by atoms with Crippen LogP contribution in [0.5, 0.6) is 0 Å². The van der Waals surface area contributed by atoms with Gasteiger partial charge >= 0.3 is 5.51 Å². The van der Waals surface area contributed by atoms with Crippen molar-refractivity contribution < 1.29 is 17.7 Å². The third kappa shape index (κ3) is 3.57. The molecule has 2 N–H and O–H groups in total. The van der Waals surface area contributed by atoms with Crippen LogP contribution in [0, 0.1) is 0 Å². The van der Waals surface area contributed by atoms with Gasteiger partial charge in [0, 0.05) is 30.3 Å². The molecule has 0 fully saturated rings. The molecule has 0 saturated heterocycles. The van der Waals surface area contributed by atoms with Gasteiger partial charge in [-0.3, -0.25) is 0 Å². The zero-order valence-electron chi connectivity index (χ0n) is 13.2. The number of hydrogen-bond acceptors (Lipinski definition) is 5. The first-order valence-corrected chi connectivity index (χ1v) is 8.57. The van der Waals surface area contributed by atoms with Gasteiger partial charge in [-0.05, 0) is 30.7 Å². The van der Waals surface area contributed by atoms with Gasteiger partial charge in [-0.1, -0.05) is 12.1 Å². The summed E-state index contributed by atoms with van der Waals surface area (Å²) in [6, 6.07) is 5.46. The fraction of sp³-hybridized carbons (Fsp3) is 0.250. The Morgan fingerprint density at radius 3 is 2.60 bits per heavy atom. The second-order valence-corrected chi connectivity index (χ2v) is 6.98. The highest BCUT2D eigenvalue weighted by Gasteiger charge is 2.45. The Labute approximate surface area is 145 Å². The molecule has 132 valence electrons. The van der Waals surface area contributed by atoms with Crippen LogP contribution in [0.1, 0.15) is 18.9 Å². The van der Waals surface area contributed by atoms with Crippen LogP contribution in [0.3, 0.4) is 0 Å². The Morgan fingerprint density at radius 2 is 1.96 bits per heavy atom. The van der Waals surface area contributed by atoms with Gasteiger partial charge in [0.2, 0.25) is 0 Å². The van der Waals surface area contributed by atoms with Crippen molar-refractivity contribution in [1.29, 1.82) is 0 Å². The summed E-state index contributed by atoms with van der Waals surface area (Å²) in [5, 5.41) is 5.75. The number of nitrogens with zero attached hydrogens (tertiary/aromatic N) is 3. The Morgan fingerprint density at radius 1 is 1.28 bits per heavy atom. The van der Waals surface area contributed by atoms with Gasteiger partial charge < -0.3 is 10.3 Å². The van der Waals surface area contributed by atoms with Gasteiger partial charge in [-0.15, -0.1) is 13.2 Å². The third-order valence-corrected chi connectivity index (χ3v) is 4.93. The number of rotatable bonds is 3. The van der Waals surface area contributed by atoms with Crippen LogP contribution in [0.25, 0.3) is 0 Å². The van der Waals surface area contributed by atoms with Gasteiger partial charge in [-0.2, -0.15) is 10.1 Å². The summed E-state index contributed by atoms with van der Waals surface area (Å²) in [6.07, 6.45) is 4.69. The number of alkyl halides is 3. The summed E-state index contributed by atoms with van der Waals surface area (Å²) in [7, 11) is 0. The van der Waals surface area contributed by atoms with Crippen molar-refractivity contribution in [3.05, 3.63) is 53.1 Å². The number of hydrogen-bond donors (Lipinski definition) is 1. The first-order valence-electron chi connectivity index (χ1n) is 7.42. The topological polar surface area (TPSA) is 77.0 Å². The standard InChI is InChI=1S/C16H15F3N4OS/c1-10-13(15(20)23-14(22-10)3-2-8-21-23)9-11-4-6-12(7-5-11)25(24)16(17,18)19/h3-8H,2,9,20H2,1H3. The molecular formula is C16H15F3N4OS. The van der Waals surface area contributed by atoms with Crippen molar-refractivity contribution in [3.8, 4) is 0 Å². The predicted molar refractivity (Wildman–Crippen MR) is 90.0 cm³/mol. The molecule has 1 unspecified atom stereocenters. The van der Waals surface area contributed by atoms with E-state index in [1.165, 1.54) is 24.3 Å². The second kappa shape index (κ2) is 6.57. The van der Waals surface area contributed by atoms with Crippen molar-refractivity contribution in [2.24, 2.45) is 15.8 Å². The molecule has 2 aliphatic heterocycles. The maximum Gasteiger partial charge on any atom is 0.578 e. The van der Waals surface area contributed by atoms with E-state index in [2.05, 4.69) is 10.1 Å². The highest BCUT2D eigenvalue weighted by Crippen LogP contribution is 2.31. The van der Waals surface area contributed by atoms with E-state index in [9.17, 15) is 17.7 Å². The van der Waals surface area contributed by atoms with Gasteiger partial charge in [-0.25, -0.2) is 4.99 Å². The van der Waals surface area contributed by atoms with Crippen molar-refractivity contribution in [1.82, 2.24) is 5.01 Å². The number of hydrazone groups is 1. The first kappa shape index (κ1) is 17.6. The van der Waals surface area contributed by atoms with Crippen LogP contribution in [-0.2, 0) is 17.6 Å². The van der Waals surface area contributed by atoms with Gasteiger partial charge in [0.25, 0.3) is 0 Å². The molecule has 2 heterocycles. The molecular weight excluding hydrogens is 353 g/mol. The lowest BCUT2D eigenvalue weighted by molar-refractivity contribution is -0.0435. The number of fused-ring (bicyclic) bond motifs is 1. The Bertz CT molecular complexity index is 797. The molecule has 0 radical (unpaired) electrons. The molecule has 0 aromatic heterocycles. The van der Waals surface area contributed by atoms with Crippen LogP contribution in [0.4, 0.5) is 13.2 Å². The molecule has 0 saturated carbocycles. The van der Waals surface area contributed by atoms with Gasteiger partial charge in [0.1, 0.15) is 5.82 Å². The van der Waals surface area contributed by atoms with Crippen molar-refractivity contribution >= 4 is 23.1 Å². The minimum absolute atomic E-state index is 0.280. The monoisotopic (exact) mass is 368 g/mol. The van der Waals surface area contributed by atoms with Crippen LogP contribution in [-0.4, -0.2) is 27.0 Å². The number of aliphatic imine (C=N–C) groups is 1. The van der Waals surface area contributed by atoms with E-state index in [0.29, 0.717) is 24.5 Å². The quantitative estimate of drug-likeness (QED) is 0.833. The molecule has 25 heavy (non-hydrogen) atoms. The average molecular weight is 368 g/mol. The fourth-order valence-corrected chi connectivity index (χ4v) is 3.20. The maximum absolute atomic E-state index is 12.5. The number of nitrogens with two attached hydrogens (primary N) is 1. The van der Waals surface area contributed by atoms with E-state index >= 15 is 0 Å². The molecule has 5 nitrogen and oxygen atoms in total. The number of allylic oxidation sites excluding steroid dienone is 2. The van der Waals surface area contributed by atoms with Crippen LogP contribution < -0.4 is 5.73 Å². The van der Waals surface area contributed by atoms with Crippen molar-refractivity contribution in [2.75, 3.05) is 0 Å². The summed E-state index contributed by atoms with van der Waals surface area (Å²) in [6.45, 7) is 1.83. The smallest absolute Gasteiger partial charge is 0.578 e. The summed E-state index contributed by atoms with van der Waals surface area (Å²) < 4.78 is 48.9. The molecule has 0 aliphatic carbocycles. The lowest BCUT2D eigenvalue weighted by Gasteiger charge is -2.28. The molecule has 1 atom stereocenters. The van der Waals surface area contributed by atoms with E-state index in [1.54, 1.807) is 11.2 Å². The zero-order chi connectivity index (χ0) is 18.2. The van der Waals surface area contributed by atoms with E-state index in [4.69, 9.17) is 5.73 Å². The highest BCUT2D eigenvalue weighted by molar-refractivity contribution is 7.92. The SMILES string of the molecule is CC1=NC2=CCC=NN2C(N)=C1Cc1ccc([S+]([O-])C(F)(F)F)cc1. The minimum Gasteiger partial charge on any atom is -0.604 e. The molecule has 1 aromatic carbocycles. The zero-order valence-corrected chi connectivity index (χ0v) is 14.1. The maximum atomic E-state index is 12.5. The molecule has 3 rings (SSSR count).